The maximum atomic E-state index is 13.9. The number of fused-ring (bicyclic) bond motifs is 1. The van der Waals surface area contributed by atoms with Crippen LogP contribution in [-0.4, -0.2) is 156 Å². The quantitative estimate of drug-likeness (QED) is 0.0159. The van der Waals surface area contributed by atoms with Gasteiger partial charge in [0.05, 0.1) is 55.6 Å². The first kappa shape index (κ1) is 75.7. The molecule has 0 bridgehead atoms. The van der Waals surface area contributed by atoms with Gasteiger partial charge in [0.1, 0.15) is 28.8 Å². The largest absolute Gasteiger partial charge is 0.493 e. The van der Waals surface area contributed by atoms with Crippen LogP contribution in [-0.2, 0) is 39.5 Å². The van der Waals surface area contributed by atoms with Crippen molar-refractivity contribution in [1.29, 1.82) is 5.41 Å². The number of allylic oxidation sites excluding steroid dienone is 4. The first-order chi connectivity index (χ1) is 46.2. The van der Waals surface area contributed by atoms with Crippen molar-refractivity contribution in [3.05, 3.63) is 123 Å². The Morgan fingerprint density at radius 1 is 0.753 bits per heavy atom. The number of rotatable bonds is 39. The van der Waals surface area contributed by atoms with Gasteiger partial charge in [0, 0.05) is 150 Å². The lowest BCUT2D eigenvalue weighted by Gasteiger charge is -2.35. The molecule has 2 aliphatic rings. The number of imidazole rings is 1. The predicted octanol–water partition coefficient (Wildman–Crippen LogP) is 11.6. The molecule has 6 N–H and O–H groups in total. The number of aryl methyl sites for hydroxylation is 2. The number of Topliss-reactive ketones (excluding diaryl/α,β-unsaturated/α-hetero) is 3. The van der Waals surface area contributed by atoms with Gasteiger partial charge in [-0.25, -0.2) is 14.0 Å². The van der Waals surface area contributed by atoms with Crippen molar-refractivity contribution in [2.75, 3.05) is 102 Å². The highest BCUT2D eigenvalue weighted by Gasteiger charge is 2.24. The summed E-state index contributed by atoms with van der Waals surface area (Å²) in [7, 11) is 6.62. The zero-order chi connectivity index (χ0) is 68.8. The van der Waals surface area contributed by atoms with Crippen LogP contribution in [0.5, 0.6) is 34.5 Å². The number of amides is 1. The third-order valence-corrected chi connectivity index (χ3v) is 18.5. The summed E-state index contributed by atoms with van der Waals surface area (Å²) in [4.78, 5) is 77.4. The van der Waals surface area contributed by atoms with Gasteiger partial charge in [-0.3, -0.25) is 42.8 Å². The molecule has 3 heterocycles. The molecule has 6 aromatic rings. The molecular weight excluding hydrogens is 1250 g/mol. The fraction of sp³-hybridized carbons (Fsp3) is 0.473. The van der Waals surface area contributed by atoms with Crippen LogP contribution in [0.4, 0.5) is 17.2 Å². The third-order valence-electron chi connectivity index (χ3n) is 17.4. The van der Waals surface area contributed by atoms with E-state index in [1.54, 1.807) is 56.6 Å². The van der Waals surface area contributed by atoms with Crippen LogP contribution in [0.25, 0.3) is 22.2 Å². The molecule has 8 rings (SSSR count). The second-order valence-corrected chi connectivity index (χ2v) is 26.6. The summed E-state index contributed by atoms with van der Waals surface area (Å²) < 4.78 is 49.6. The second kappa shape index (κ2) is 37.2. The van der Waals surface area contributed by atoms with E-state index in [1.165, 1.54) is 29.6 Å². The van der Waals surface area contributed by atoms with Gasteiger partial charge >= 0.3 is 5.69 Å². The molecule has 1 saturated heterocycles. The lowest BCUT2D eigenvalue weighted by Crippen LogP contribution is -2.48. The average molecular weight is 1350 g/mol. The van der Waals surface area contributed by atoms with E-state index in [4.69, 9.17) is 34.1 Å². The topological polar surface area (TPSA) is 272 Å². The van der Waals surface area contributed by atoms with E-state index < -0.39 is 11.0 Å². The fourth-order valence-electron chi connectivity index (χ4n) is 12.2. The van der Waals surface area contributed by atoms with Gasteiger partial charge in [-0.2, -0.15) is 0 Å². The summed E-state index contributed by atoms with van der Waals surface area (Å²) in [6.45, 7) is 16.7. The summed E-state index contributed by atoms with van der Waals surface area (Å²) in [6, 6.07) is 21.8. The number of piperazine rings is 1. The summed E-state index contributed by atoms with van der Waals surface area (Å²) >= 11 is 0. The standard InChI is InChI=1S/C74H98N10O11S.H2O/c1-11-35-93-56-41-57(43-58(42-56)95-70-46-66-65(81(7)74(89)82(66)8)45-64(70)79-96(90)59-23-26-69(91-9)71(44-59)92-10)94-36-19-18-29-80(6)49-55(85)20-16-14-12-13-15-17-21-73(88)76-28-30-83-31-33-84(34-32-83)72-27-22-53(48-77-72)54-39-61(62(47-75)63(40-54)78-50(2)3)67(86)25-24-60-52(5)37-51(4)38-68(60)87;/h22-23,26-27,37,39-48,50,75,78-79H,11-21,24-25,28-36,38,49H2,1-10H3,(H,76,88);1H2. The number of unbranched alkanes of at least 4 members (excludes halogenated alkanes) is 6. The van der Waals surface area contributed by atoms with E-state index in [1.807, 2.05) is 84.3 Å². The molecule has 1 atom stereocenters. The number of methoxy groups -OCH3 is 2. The molecule has 1 amide bonds. The number of benzene rings is 4. The van der Waals surface area contributed by atoms with E-state index in [9.17, 15) is 28.2 Å². The minimum absolute atomic E-state index is 0. The maximum Gasteiger partial charge on any atom is 0.328 e. The highest BCUT2D eigenvalue weighted by Crippen LogP contribution is 2.39. The summed E-state index contributed by atoms with van der Waals surface area (Å²) in [5.41, 5.74) is 7.45. The van der Waals surface area contributed by atoms with Gasteiger partial charge in [-0.15, -0.1) is 0 Å². The van der Waals surface area contributed by atoms with Crippen molar-refractivity contribution in [3.8, 4) is 45.6 Å². The Kier molecular flexibility index (Phi) is 29.0. The van der Waals surface area contributed by atoms with Gasteiger partial charge in [0.15, 0.2) is 39.8 Å². The van der Waals surface area contributed by atoms with Crippen LogP contribution in [0, 0.1) is 5.41 Å². The number of nitrogens with one attached hydrogen (secondary N) is 4. The zero-order valence-corrected chi connectivity index (χ0v) is 59.1. The Bertz CT molecular complexity index is 3850. The number of likely N-dealkylation sites (N-methyl/N-ethyl adjacent to an activating group) is 1. The molecule has 1 fully saturated rings. The summed E-state index contributed by atoms with van der Waals surface area (Å²) in [6.07, 6.45) is 15.2. The normalized spacial score (nSPS) is 13.7. The molecule has 0 radical (unpaired) electrons. The van der Waals surface area contributed by atoms with Gasteiger partial charge in [-0.1, -0.05) is 44.3 Å². The number of hydrogen-bond donors (Lipinski definition) is 4. The van der Waals surface area contributed by atoms with E-state index in [-0.39, 0.29) is 46.9 Å². The van der Waals surface area contributed by atoms with Crippen molar-refractivity contribution in [1.82, 2.24) is 29.2 Å². The number of anilines is 3. The van der Waals surface area contributed by atoms with Crippen molar-refractivity contribution in [2.45, 2.75) is 135 Å². The van der Waals surface area contributed by atoms with Crippen molar-refractivity contribution in [3.63, 3.8) is 0 Å². The Hall–Kier alpha value is -8.64. The van der Waals surface area contributed by atoms with E-state index >= 15 is 0 Å². The molecule has 23 heteroatoms. The third kappa shape index (κ3) is 21.4. The number of ketones is 3. The SMILES string of the molecule is CCCOc1cc(OCCCCN(C)CC(=O)CCCCCCCCC(=O)NCCN2CCN(c3ccc(-c4cc(NC(C)C)c(C=N)c(C(=O)CCC5=C(C)C=C(C)CC5=O)c4)cn3)CC2)cc(Oc2cc3c(cc2NS(=O)c2ccc(OC)c(OC)c2)n(C)c(=O)n3C)c1.O. The van der Waals surface area contributed by atoms with Crippen LogP contribution >= 0.6 is 0 Å². The van der Waals surface area contributed by atoms with E-state index in [0.29, 0.717) is 130 Å². The Morgan fingerprint density at radius 2 is 1.43 bits per heavy atom. The zero-order valence-electron chi connectivity index (χ0n) is 58.3. The van der Waals surface area contributed by atoms with Gasteiger partial charge in [-0.05, 0) is 139 Å². The van der Waals surface area contributed by atoms with Gasteiger partial charge in [0.2, 0.25) is 5.91 Å². The molecule has 0 saturated carbocycles. The van der Waals surface area contributed by atoms with Gasteiger partial charge in [0.25, 0.3) is 0 Å². The fourth-order valence-corrected chi connectivity index (χ4v) is 13.0. The Labute approximate surface area is 573 Å². The van der Waals surface area contributed by atoms with Crippen molar-refractivity contribution < 1.29 is 52.5 Å². The molecule has 2 aromatic heterocycles. The molecular formula is C74H100N10O12S. The van der Waals surface area contributed by atoms with Crippen molar-refractivity contribution >= 4 is 68.7 Å². The van der Waals surface area contributed by atoms with E-state index in [2.05, 4.69) is 30.1 Å². The van der Waals surface area contributed by atoms with E-state index in [0.717, 1.165) is 125 Å². The summed E-state index contributed by atoms with van der Waals surface area (Å²) in [5.74, 6) is 3.95. The smallest absolute Gasteiger partial charge is 0.328 e. The van der Waals surface area contributed by atoms with Crippen LogP contribution in [0.2, 0.25) is 0 Å². The van der Waals surface area contributed by atoms with Crippen LogP contribution in [0.15, 0.2) is 111 Å². The molecule has 524 valence electrons. The highest BCUT2D eigenvalue weighted by molar-refractivity contribution is 7.86. The number of aromatic nitrogens is 3. The molecule has 1 aliphatic carbocycles. The number of carbonyl (C=O) groups is 4. The minimum Gasteiger partial charge on any atom is -0.493 e. The Balaban J connectivity index is 0.0000133. The molecule has 1 aliphatic heterocycles. The first-order valence-electron chi connectivity index (χ1n) is 33.7. The van der Waals surface area contributed by atoms with Crippen LogP contribution in [0.1, 0.15) is 140 Å². The average Bonchev–Trinajstić information content (AvgIpc) is 1.69. The maximum absolute atomic E-state index is 13.9. The monoisotopic (exact) mass is 1350 g/mol. The van der Waals surface area contributed by atoms with Crippen molar-refractivity contribution in [2.24, 2.45) is 14.1 Å². The lowest BCUT2D eigenvalue weighted by molar-refractivity contribution is -0.121. The molecule has 22 nitrogen and oxygen atoms in total. The number of nitrogens with zero attached hydrogens (tertiary/aromatic N) is 6. The van der Waals surface area contributed by atoms with Crippen LogP contribution in [0.3, 0.4) is 0 Å². The minimum atomic E-state index is -1.77. The molecule has 4 aromatic carbocycles. The predicted molar refractivity (Wildman–Crippen MR) is 385 cm³/mol. The first-order valence-corrected chi connectivity index (χ1v) is 34.9. The molecule has 1 unspecified atom stereocenters. The Morgan fingerprint density at radius 3 is 2.09 bits per heavy atom. The van der Waals surface area contributed by atoms with Gasteiger partial charge < -0.3 is 50.1 Å². The number of ether oxygens (including phenoxy) is 5. The lowest BCUT2D eigenvalue weighted by atomic mass is 9.88. The molecule has 0 spiro atoms. The second-order valence-electron chi connectivity index (χ2n) is 25.4. The summed E-state index contributed by atoms with van der Waals surface area (Å²) in [5, 5.41) is 14.8. The number of hydrogen-bond acceptors (Lipinski definition) is 17. The highest BCUT2D eigenvalue weighted by atomic mass is 32.2. The number of pyridine rings is 1. The number of carbonyl (C=O) groups excluding carboxylic acids is 4. The molecule has 97 heavy (non-hydrogen) atoms. The van der Waals surface area contributed by atoms with Crippen LogP contribution < -0.4 is 49.6 Å².